The summed E-state index contributed by atoms with van der Waals surface area (Å²) in [6.07, 6.45) is 4.46. The van der Waals surface area contributed by atoms with Gasteiger partial charge in [-0.15, -0.1) is 0 Å². The zero-order valence-corrected chi connectivity index (χ0v) is 18.8. The van der Waals surface area contributed by atoms with E-state index in [1.54, 1.807) is 0 Å². The number of pyridine rings is 1. The summed E-state index contributed by atoms with van der Waals surface area (Å²) in [6.45, 7) is 4.07. The first kappa shape index (κ1) is 19.9. The van der Waals surface area contributed by atoms with Gasteiger partial charge in [-0.05, 0) is 69.4 Å². The molecule has 0 bridgehead atoms. The number of nitrogens with one attached hydrogen (secondary N) is 3. The van der Waals surface area contributed by atoms with Crippen molar-refractivity contribution < 1.29 is 4.79 Å². The lowest BCUT2D eigenvalue weighted by molar-refractivity contribution is 0.0945. The van der Waals surface area contributed by atoms with Crippen LogP contribution >= 0.6 is 12.2 Å². The molecular formula is C23H26N6OS. The summed E-state index contributed by atoms with van der Waals surface area (Å²) in [6, 6.07) is 8.02. The van der Waals surface area contributed by atoms with Crippen molar-refractivity contribution in [3.8, 4) is 0 Å². The second kappa shape index (κ2) is 7.60. The lowest BCUT2D eigenvalue weighted by atomic mass is 10.1. The van der Waals surface area contributed by atoms with Gasteiger partial charge in [-0.2, -0.15) is 5.10 Å². The van der Waals surface area contributed by atoms with Gasteiger partial charge in [-0.3, -0.25) is 20.3 Å². The van der Waals surface area contributed by atoms with Gasteiger partial charge in [0, 0.05) is 30.3 Å². The van der Waals surface area contributed by atoms with Crippen LogP contribution in [0.5, 0.6) is 0 Å². The minimum atomic E-state index is -0.228. The molecule has 2 aliphatic carbocycles. The third-order valence-corrected chi connectivity index (χ3v) is 6.17. The number of amides is 1. The van der Waals surface area contributed by atoms with Gasteiger partial charge in [0.2, 0.25) is 0 Å². The van der Waals surface area contributed by atoms with E-state index in [2.05, 4.69) is 22.2 Å². The molecule has 2 heterocycles. The standard InChI is InChI=1S/C23H26N6OS/c1-12-4-9-17(13(2)10-12)25-23(31)27-26-22(30)16-11-18(14-5-6-14)24-21-19(16)20(15-7-8-15)28-29(21)3/h4,9-11,14-15H,5-8H2,1-3H3,(H,26,30)(H2,25,27,31). The SMILES string of the molecule is Cc1ccc(NC(=S)NNC(=O)c2cc(C3CC3)nc3c2c(C2CC2)nn3C)c(C)c1. The van der Waals surface area contributed by atoms with Crippen molar-refractivity contribution in [2.45, 2.75) is 51.4 Å². The number of carbonyl (C=O) groups is 1. The lowest BCUT2D eigenvalue weighted by Crippen LogP contribution is -2.44. The number of hydrazine groups is 1. The predicted molar refractivity (Wildman–Crippen MR) is 125 cm³/mol. The van der Waals surface area contributed by atoms with Crippen molar-refractivity contribution in [2.24, 2.45) is 7.05 Å². The van der Waals surface area contributed by atoms with E-state index in [0.717, 1.165) is 59.4 Å². The molecule has 0 spiro atoms. The third-order valence-electron chi connectivity index (χ3n) is 5.96. The smallest absolute Gasteiger partial charge is 0.270 e. The Balaban J connectivity index is 1.38. The molecule has 0 saturated heterocycles. The van der Waals surface area contributed by atoms with Gasteiger partial charge >= 0.3 is 0 Å². The highest BCUT2D eigenvalue weighted by Crippen LogP contribution is 2.45. The Labute approximate surface area is 186 Å². The van der Waals surface area contributed by atoms with E-state index in [9.17, 15) is 4.79 Å². The minimum Gasteiger partial charge on any atom is -0.331 e. The molecule has 3 aromatic rings. The Kier molecular flexibility index (Phi) is 4.89. The van der Waals surface area contributed by atoms with E-state index in [1.165, 1.54) is 5.56 Å². The van der Waals surface area contributed by atoms with E-state index in [4.69, 9.17) is 22.3 Å². The second-order valence-corrected chi connectivity index (χ2v) is 9.11. The first-order chi connectivity index (χ1) is 14.9. The summed E-state index contributed by atoms with van der Waals surface area (Å²) in [5.74, 6) is 0.633. The van der Waals surface area contributed by atoms with Crippen LogP contribution in [0.4, 0.5) is 5.69 Å². The molecule has 2 aliphatic rings. The third kappa shape index (κ3) is 3.99. The Morgan fingerprint density at radius 2 is 1.84 bits per heavy atom. The van der Waals surface area contributed by atoms with E-state index in [1.807, 2.05) is 43.8 Å². The Bertz CT molecular complexity index is 1210. The van der Waals surface area contributed by atoms with Crippen molar-refractivity contribution in [2.75, 3.05) is 5.32 Å². The van der Waals surface area contributed by atoms with Gasteiger partial charge in [-0.1, -0.05) is 17.7 Å². The molecule has 0 atom stereocenters. The van der Waals surface area contributed by atoms with E-state index >= 15 is 0 Å². The van der Waals surface area contributed by atoms with Crippen molar-refractivity contribution in [1.29, 1.82) is 0 Å². The Hall–Kier alpha value is -3.00. The van der Waals surface area contributed by atoms with E-state index in [-0.39, 0.29) is 5.91 Å². The molecule has 1 aromatic carbocycles. The van der Waals surface area contributed by atoms with Crippen LogP contribution in [0.15, 0.2) is 24.3 Å². The first-order valence-electron chi connectivity index (χ1n) is 10.7. The normalized spacial score (nSPS) is 15.7. The second-order valence-electron chi connectivity index (χ2n) is 8.70. The molecule has 8 heteroatoms. The molecule has 2 saturated carbocycles. The molecule has 31 heavy (non-hydrogen) atoms. The Morgan fingerprint density at radius 1 is 1.10 bits per heavy atom. The number of benzene rings is 1. The molecule has 7 nitrogen and oxygen atoms in total. The van der Waals surface area contributed by atoms with Gasteiger partial charge in [0.05, 0.1) is 16.6 Å². The molecule has 0 unspecified atom stereocenters. The molecule has 0 radical (unpaired) electrons. The summed E-state index contributed by atoms with van der Waals surface area (Å²) in [5, 5.41) is 9.04. The summed E-state index contributed by atoms with van der Waals surface area (Å²) in [4.78, 5) is 18.0. The molecule has 3 N–H and O–H groups in total. The average Bonchev–Trinajstić information content (AvgIpc) is 3.65. The van der Waals surface area contributed by atoms with E-state index < -0.39 is 0 Å². The lowest BCUT2D eigenvalue weighted by Gasteiger charge is -2.14. The highest BCUT2D eigenvalue weighted by Gasteiger charge is 2.33. The van der Waals surface area contributed by atoms with Crippen LogP contribution in [0.3, 0.4) is 0 Å². The van der Waals surface area contributed by atoms with Crippen LogP contribution in [-0.2, 0) is 7.05 Å². The molecule has 2 aromatic heterocycles. The average molecular weight is 435 g/mol. The molecule has 160 valence electrons. The minimum absolute atomic E-state index is 0.228. The van der Waals surface area contributed by atoms with E-state index in [0.29, 0.717) is 22.5 Å². The summed E-state index contributed by atoms with van der Waals surface area (Å²) >= 11 is 5.39. The number of hydrogen-bond acceptors (Lipinski definition) is 4. The van der Waals surface area contributed by atoms with Gasteiger partial charge in [0.1, 0.15) is 0 Å². The monoisotopic (exact) mass is 434 g/mol. The number of aromatic nitrogens is 3. The van der Waals surface area contributed by atoms with Crippen molar-refractivity contribution in [1.82, 2.24) is 25.6 Å². The topological polar surface area (TPSA) is 83.9 Å². The van der Waals surface area contributed by atoms with Crippen molar-refractivity contribution in [3.05, 3.63) is 52.3 Å². The number of nitrogens with zero attached hydrogens (tertiary/aromatic N) is 3. The zero-order valence-electron chi connectivity index (χ0n) is 18.0. The fourth-order valence-corrected chi connectivity index (χ4v) is 4.16. The molecular weight excluding hydrogens is 408 g/mol. The molecule has 2 fully saturated rings. The zero-order chi connectivity index (χ0) is 21.7. The number of thiocarbonyl (C=S) groups is 1. The number of fused-ring (bicyclic) bond motifs is 1. The highest BCUT2D eigenvalue weighted by atomic mass is 32.1. The number of carbonyl (C=O) groups excluding carboxylic acids is 1. The van der Waals surface area contributed by atoms with Gasteiger partial charge < -0.3 is 5.32 Å². The predicted octanol–water partition coefficient (Wildman–Crippen LogP) is 3.97. The summed E-state index contributed by atoms with van der Waals surface area (Å²) in [7, 11) is 1.90. The van der Waals surface area contributed by atoms with Gasteiger partial charge in [0.15, 0.2) is 10.8 Å². The van der Waals surface area contributed by atoms with Crippen LogP contribution in [-0.4, -0.2) is 25.8 Å². The highest BCUT2D eigenvalue weighted by molar-refractivity contribution is 7.80. The molecule has 0 aliphatic heterocycles. The van der Waals surface area contributed by atoms with Crippen LogP contribution in [0.1, 0.15) is 70.4 Å². The van der Waals surface area contributed by atoms with Gasteiger partial charge in [0.25, 0.3) is 5.91 Å². The van der Waals surface area contributed by atoms with Crippen LogP contribution in [0, 0.1) is 13.8 Å². The molecule has 5 rings (SSSR count). The largest absolute Gasteiger partial charge is 0.331 e. The summed E-state index contributed by atoms with van der Waals surface area (Å²) in [5.41, 5.74) is 12.1. The van der Waals surface area contributed by atoms with Crippen molar-refractivity contribution in [3.63, 3.8) is 0 Å². The van der Waals surface area contributed by atoms with Crippen LogP contribution < -0.4 is 16.2 Å². The Morgan fingerprint density at radius 3 is 2.52 bits per heavy atom. The number of aryl methyl sites for hydroxylation is 3. The van der Waals surface area contributed by atoms with Crippen LogP contribution in [0.25, 0.3) is 11.0 Å². The summed E-state index contributed by atoms with van der Waals surface area (Å²) < 4.78 is 1.81. The quantitative estimate of drug-likeness (QED) is 0.426. The van der Waals surface area contributed by atoms with Crippen LogP contribution in [0.2, 0.25) is 0 Å². The first-order valence-corrected chi connectivity index (χ1v) is 11.1. The molecule has 1 amide bonds. The fraction of sp³-hybridized carbons (Fsp3) is 0.391. The number of anilines is 1. The van der Waals surface area contributed by atoms with Crippen molar-refractivity contribution >= 4 is 40.0 Å². The number of rotatable bonds is 4. The maximum Gasteiger partial charge on any atom is 0.270 e. The maximum absolute atomic E-state index is 13.2. The number of hydrogen-bond donors (Lipinski definition) is 3. The fourth-order valence-electron chi connectivity index (χ4n) is 3.99. The maximum atomic E-state index is 13.2. The van der Waals surface area contributed by atoms with Gasteiger partial charge in [-0.25, -0.2) is 4.98 Å².